The van der Waals surface area contributed by atoms with Crippen LogP contribution in [0.5, 0.6) is 5.75 Å². The number of sulfonamides is 1. The minimum atomic E-state index is -3.82. The molecule has 0 aromatic heterocycles. The number of nitrogens with zero attached hydrogens (tertiary/aromatic N) is 2. The Bertz CT molecular complexity index is 1150. The van der Waals surface area contributed by atoms with Crippen molar-refractivity contribution in [1.29, 1.82) is 0 Å². The summed E-state index contributed by atoms with van der Waals surface area (Å²) >= 11 is 0. The first-order valence-corrected chi connectivity index (χ1v) is 13.0. The average molecular weight is 508 g/mol. The van der Waals surface area contributed by atoms with Crippen molar-refractivity contribution in [3.05, 3.63) is 59.4 Å². The Kier molecular flexibility index (Phi) is 8.08. The lowest BCUT2D eigenvalue weighted by Crippen LogP contribution is -2.55. The van der Waals surface area contributed by atoms with Crippen LogP contribution in [0, 0.1) is 12.7 Å². The Morgan fingerprint density at radius 3 is 2.37 bits per heavy atom. The van der Waals surface area contributed by atoms with E-state index in [1.807, 2.05) is 33.8 Å². The predicted molar refractivity (Wildman–Crippen MR) is 131 cm³/mol. The van der Waals surface area contributed by atoms with Gasteiger partial charge in [-0.1, -0.05) is 12.1 Å². The lowest BCUT2D eigenvalue weighted by atomic mass is 10.0. The van der Waals surface area contributed by atoms with E-state index in [4.69, 9.17) is 14.6 Å². The Labute approximate surface area is 206 Å². The summed E-state index contributed by atoms with van der Waals surface area (Å²) in [5.74, 6) is 0.104. The van der Waals surface area contributed by atoms with Crippen LogP contribution in [0.1, 0.15) is 44.9 Å². The fourth-order valence-corrected chi connectivity index (χ4v) is 4.43. The van der Waals surface area contributed by atoms with Gasteiger partial charge in [0.05, 0.1) is 4.90 Å². The van der Waals surface area contributed by atoms with Gasteiger partial charge in [-0.15, -0.1) is 0 Å². The molecule has 2 N–H and O–H groups in total. The van der Waals surface area contributed by atoms with Crippen LogP contribution in [0.3, 0.4) is 0 Å². The second kappa shape index (κ2) is 10.5. The van der Waals surface area contributed by atoms with Gasteiger partial charge in [-0.25, -0.2) is 22.7 Å². The molecule has 1 aliphatic heterocycles. The third kappa shape index (κ3) is 7.39. The van der Waals surface area contributed by atoms with Gasteiger partial charge >= 0.3 is 6.09 Å². The second-order valence-corrected chi connectivity index (χ2v) is 11.5. The summed E-state index contributed by atoms with van der Waals surface area (Å²) in [5, 5.41) is 5.18. The highest BCUT2D eigenvalue weighted by molar-refractivity contribution is 7.89. The molecule has 0 spiro atoms. The first kappa shape index (κ1) is 26.9. The Hall–Kier alpha value is -2.69. The number of ether oxygens (including phenoxy) is 2. The molecule has 192 valence electrons. The van der Waals surface area contributed by atoms with Crippen LogP contribution >= 0.6 is 0 Å². The number of rotatable bonds is 6. The minimum Gasteiger partial charge on any atom is -0.484 e. The largest absolute Gasteiger partial charge is 0.484 e. The van der Waals surface area contributed by atoms with Crippen LogP contribution in [0.2, 0.25) is 0 Å². The van der Waals surface area contributed by atoms with Crippen molar-refractivity contribution < 1.29 is 27.1 Å². The van der Waals surface area contributed by atoms with Crippen molar-refractivity contribution in [2.75, 3.05) is 26.2 Å². The average Bonchev–Trinajstić information content (AvgIpc) is 2.74. The van der Waals surface area contributed by atoms with E-state index >= 15 is 0 Å². The second-order valence-electron chi connectivity index (χ2n) is 9.91. The van der Waals surface area contributed by atoms with Crippen LogP contribution in [-0.4, -0.2) is 62.1 Å². The van der Waals surface area contributed by atoms with Crippen LogP contribution in [0.15, 0.2) is 47.4 Å². The summed E-state index contributed by atoms with van der Waals surface area (Å²) in [5.41, 5.74) is 0.622. The number of primary sulfonamides is 1. The van der Waals surface area contributed by atoms with Crippen molar-refractivity contribution in [2.45, 2.75) is 57.3 Å². The van der Waals surface area contributed by atoms with Gasteiger partial charge in [0.25, 0.3) is 0 Å². The molecule has 0 bridgehead atoms. The molecule has 35 heavy (non-hydrogen) atoms. The monoisotopic (exact) mass is 507 g/mol. The van der Waals surface area contributed by atoms with Crippen molar-refractivity contribution in [1.82, 2.24) is 9.80 Å². The van der Waals surface area contributed by atoms with E-state index in [9.17, 15) is 17.6 Å². The highest BCUT2D eigenvalue weighted by Crippen LogP contribution is 2.27. The van der Waals surface area contributed by atoms with Crippen molar-refractivity contribution in [3.63, 3.8) is 0 Å². The Morgan fingerprint density at radius 2 is 1.83 bits per heavy atom. The first-order valence-electron chi connectivity index (χ1n) is 11.5. The molecule has 2 aromatic rings. The van der Waals surface area contributed by atoms with E-state index in [1.165, 1.54) is 30.3 Å². The van der Waals surface area contributed by atoms with E-state index in [0.29, 0.717) is 43.1 Å². The van der Waals surface area contributed by atoms with E-state index in [0.717, 1.165) is 0 Å². The SMILES string of the molecule is Cc1ccc(C(CN2CCN(C(=O)OC(C)(C)C)[C@H](C)C2)Oc2ccc(S(N)(=O)=O)cc2)cc1F. The van der Waals surface area contributed by atoms with Gasteiger partial charge in [-0.3, -0.25) is 4.90 Å². The molecule has 2 aromatic carbocycles. The zero-order valence-electron chi connectivity index (χ0n) is 20.8. The number of hydrogen-bond donors (Lipinski definition) is 1. The molecule has 0 saturated carbocycles. The number of piperazine rings is 1. The molecule has 1 fully saturated rings. The maximum Gasteiger partial charge on any atom is 0.410 e. The standard InChI is InChI=1S/C25H34FN3O5S/c1-17-6-7-19(14-22(17)26)23(33-20-8-10-21(11-9-20)35(27,31)32)16-28-12-13-29(18(2)15-28)24(30)34-25(3,4)5/h6-11,14,18,23H,12-13,15-16H2,1-5H3,(H2,27,31,32)/t18-,23?/m1/s1. The molecule has 1 saturated heterocycles. The predicted octanol–water partition coefficient (Wildman–Crippen LogP) is 3.84. The molecule has 1 aliphatic rings. The van der Waals surface area contributed by atoms with Crippen LogP contribution < -0.4 is 9.88 Å². The van der Waals surface area contributed by atoms with Gasteiger partial charge in [-0.05, 0) is 76.1 Å². The van der Waals surface area contributed by atoms with Crippen LogP contribution in [0.4, 0.5) is 9.18 Å². The number of amides is 1. The molecular formula is C25H34FN3O5S. The number of carbonyl (C=O) groups excluding carboxylic acids is 1. The Morgan fingerprint density at radius 1 is 1.17 bits per heavy atom. The zero-order valence-corrected chi connectivity index (χ0v) is 21.6. The van der Waals surface area contributed by atoms with Gasteiger partial charge in [0, 0.05) is 32.2 Å². The first-order chi connectivity index (χ1) is 16.2. The van der Waals surface area contributed by atoms with Crippen molar-refractivity contribution in [2.24, 2.45) is 5.14 Å². The number of benzene rings is 2. The van der Waals surface area contributed by atoms with Gasteiger partial charge < -0.3 is 14.4 Å². The van der Waals surface area contributed by atoms with Gasteiger partial charge in [0.1, 0.15) is 23.3 Å². The van der Waals surface area contributed by atoms with Crippen LogP contribution in [0.25, 0.3) is 0 Å². The van der Waals surface area contributed by atoms with Crippen molar-refractivity contribution in [3.8, 4) is 5.75 Å². The van der Waals surface area contributed by atoms with Crippen LogP contribution in [-0.2, 0) is 14.8 Å². The van der Waals surface area contributed by atoms with Gasteiger partial charge in [0.15, 0.2) is 0 Å². The molecule has 0 radical (unpaired) electrons. The maximum atomic E-state index is 14.4. The maximum absolute atomic E-state index is 14.4. The highest BCUT2D eigenvalue weighted by Gasteiger charge is 2.32. The summed E-state index contributed by atoms with van der Waals surface area (Å²) in [6.07, 6.45) is -0.862. The highest BCUT2D eigenvalue weighted by atomic mass is 32.2. The topological polar surface area (TPSA) is 102 Å². The van der Waals surface area contributed by atoms with E-state index in [1.54, 1.807) is 17.9 Å². The lowest BCUT2D eigenvalue weighted by molar-refractivity contribution is -0.00299. The summed E-state index contributed by atoms with van der Waals surface area (Å²) in [7, 11) is -3.82. The molecule has 10 heteroatoms. The third-order valence-electron chi connectivity index (χ3n) is 5.76. The summed E-state index contributed by atoms with van der Waals surface area (Å²) in [6, 6.07) is 10.7. The number of hydrogen-bond acceptors (Lipinski definition) is 6. The van der Waals surface area contributed by atoms with E-state index < -0.39 is 21.7 Å². The molecule has 0 aliphatic carbocycles. The van der Waals surface area contributed by atoms with E-state index in [-0.39, 0.29) is 22.8 Å². The minimum absolute atomic E-state index is 0.0186. The number of aryl methyl sites for hydroxylation is 1. The fraction of sp³-hybridized carbons (Fsp3) is 0.480. The molecular weight excluding hydrogens is 473 g/mol. The van der Waals surface area contributed by atoms with Crippen molar-refractivity contribution >= 4 is 16.1 Å². The zero-order chi connectivity index (χ0) is 26.0. The Balaban J connectivity index is 1.76. The molecule has 2 atom stereocenters. The quantitative estimate of drug-likeness (QED) is 0.637. The fourth-order valence-electron chi connectivity index (χ4n) is 3.92. The molecule has 1 amide bonds. The summed E-state index contributed by atoms with van der Waals surface area (Å²) in [6.45, 7) is 11.3. The molecule has 1 unspecified atom stereocenters. The number of nitrogens with two attached hydrogens (primary N) is 1. The smallest absolute Gasteiger partial charge is 0.410 e. The number of halogens is 1. The third-order valence-corrected chi connectivity index (χ3v) is 6.69. The summed E-state index contributed by atoms with van der Waals surface area (Å²) < 4.78 is 49.2. The molecule has 8 nitrogen and oxygen atoms in total. The molecule has 3 rings (SSSR count). The van der Waals surface area contributed by atoms with Gasteiger partial charge in [-0.2, -0.15) is 0 Å². The summed E-state index contributed by atoms with van der Waals surface area (Å²) in [4.78, 5) is 16.4. The van der Waals surface area contributed by atoms with Gasteiger partial charge in [0.2, 0.25) is 10.0 Å². The van der Waals surface area contributed by atoms with E-state index in [2.05, 4.69) is 4.90 Å². The number of carbonyl (C=O) groups is 1. The normalized spacial score (nSPS) is 18.3. The molecule has 1 heterocycles. The lowest BCUT2D eigenvalue weighted by Gasteiger charge is -2.41.